The zero-order valence-electron chi connectivity index (χ0n) is 13.4. The van der Waals surface area contributed by atoms with Gasteiger partial charge in [-0.15, -0.1) is 0 Å². The zero-order chi connectivity index (χ0) is 18.0. The van der Waals surface area contributed by atoms with E-state index < -0.39 is 10.8 Å². The van der Waals surface area contributed by atoms with Crippen molar-refractivity contribution in [2.75, 3.05) is 19.5 Å². The molecular formula is C16H14N4O5. The van der Waals surface area contributed by atoms with Crippen LogP contribution in [0.1, 0.15) is 10.4 Å². The highest BCUT2D eigenvalue weighted by molar-refractivity contribution is 6.07. The number of nitrogens with one attached hydrogen (secondary N) is 2. The molecule has 2 N–H and O–H groups in total. The SMILES string of the molecule is COc1cc(NC(=O)c2ccc3nc[nH]c3c2)c([N+](=O)[O-])cc1OC. The number of hydrogen-bond donors (Lipinski definition) is 2. The van der Waals surface area contributed by atoms with Gasteiger partial charge < -0.3 is 19.8 Å². The third-order valence-corrected chi connectivity index (χ3v) is 3.63. The molecule has 128 valence electrons. The van der Waals surface area contributed by atoms with Crippen molar-refractivity contribution in [2.24, 2.45) is 0 Å². The maximum absolute atomic E-state index is 12.5. The number of carbonyl (C=O) groups is 1. The molecule has 25 heavy (non-hydrogen) atoms. The predicted molar refractivity (Wildman–Crippen MR) is 90.2 cm³/mol. The average molecular weight is 342 g/mol. The number of fused-ring (bicyclic) bond motifs is 1. The number of nitrogens with zero attached hydrogens (tertiary/aromatic N) is 2. The number of anilines is 1. The molecule has 0 atom stereocenters. The molecule has 0 saturated heterocycles. The normalized spacial score (nSPS) is 10.5. The number of imidazole rings is 1. The van der Waals surface area contributed by atoms with Gasteiger partial charge in [0.2, 0.25) is 0 Å². The van der Waals surface area contributed by atoms with Crippen LogP contribution in [0, 0.1) is 10.1 Å². The van der Waals surface area contributed by atoms with E-state index in [4.69, 9.17) is 9.47 Å². The molecule has 1 aromatic heterocycles. The Morgan fingerprint density at radius 2 is 1.92 bits per heavy atom. The molecule has 0 radical (unpaired) electrons. The average Bonchev–Trinajstić information content (AvgIpc) is 3.08. The van der Waals surface area contributed by atoms with Crippen molar-refractivity contribution >= 4 is 28.3 Å². The van der Waals surface area contributed by atoms with Gasteiger partial charge in [-0.05, 0) is 18.2 Å². The Morgan fingerprint density at radius 1 is 1.20 bits per heavy atom. The first-order valence-electron chi connectivity index (χ1n) is 7.18. The van der Waals surface area contributed by atoms with Crippen LogP contribution < -0.4 is 14.8 Å². The Morgan fingerprint density at radius 3 is 2.60 bits per heavy atom. The number of benzene rings is 2. The van der Waals surface area contributed by atoms with E-state index in [0.717, 1.165) is 0 Å². The van der Waals surface area contributed by atoms with Crippen LogP contribution in [0.3, 0.4) is 0 Å². The number of nitro benzene ring substituents is 1. The molecule has 0 aliphatic heterocycles. The summed E-state index contributed by atoms with van der Waals surface area (Å²) in [6, 6.07) is 7.44. The van der Waals surface area contributed by atoms with Crippen LogP contribution in [-0.4, -0.2) is 35.0 Å². The number of aromatic nitrogens is 2. The van der Waals surface area contributed by atoms with Crippen LogP contribution in [-0.2, 0) is 0 Å². The van der Waals surface area contributed by atoms with E-state index in [-0.39, 0.29) is 22.9 Å². The van der Waals surface area contributed by atoms with Crippen molar-refractivity contribution in [3.8, 4) is 11.5 Å². The molecule has 9 nitrogen and oxygen atoms in total. The molecule has 2 aromatic carbocycles. The molecule has 0 fully saturated rings. The number of carbonyl (C=O) groups excluding carboxylic acids is 1. The van der Waals surface area contributed by atoms with Crippen molar-refractivity contribution in [1.29, 1.82) is 0 Å². The highest BCUT2D eigenvalue weighted by Crippen LogP contribution is 2.37. The summed E-state index contributed by atoms with van der Waals surface area (Å²) < 4.78 is 10.2. The Hall–Kier alpha value is -3.62. The molecule has 3 rings (SSSR count). The van der Waals surface area contributed by atoms with Gasteiger partial charge in [-0.3, -0.25) is 14.9 Å². The lowest BCUT2D eigenvalue weighted by molar-refractivity contribution is -0.384. The van der Waals surface area contributed by atoms with Gasteiger partial charge in [0.15, 0.2) is 11.5 Å². The monoisotopic (exact) mass is 342 g/mol. The second-order valence-electron chi connectivity index (χ2n) is 5.07. The summed E-state index contributed by atoms with van der Waals surface area (Å²) in [5.74, 6) is -0.0229. The number of ether oxygens (including phenoxy) is 2. The molecule has 3 aromatic rings. The highest BCUT2D eigenvalue weighted by atomic mass is 16.6. The van der Waals surface area contributed by atoms with Crippen LogP contribution in [0.4, 0.5) is 11.4 Å². The Bertz CT molecular complexity index is 966. The fourth-order valence-corrected chi connectivity index (χ4v) is 2.39. The van der Waals surface area contributed by atoms with E-state index >= 15 is 0 Å². The third kappa shape index (κ3) is 3.07. The van der Waals surface area contributed by atoms with Crippen LogP contribution in [0.2, 0.25) is 0 Å². The largest absolute Gasteiger partial charge is 0.493 e. The molecule has 0 unspecified atom stereocenters. The molecule has 9 heteroatoms. The number of nitro groups is 1. The van der Waals surface area contributed by atoms with E-state index in [1.165, 1.54) is 32.7 Å². The quantitative estimate of drug-likeness (QED) is 0.543. The summed E-state index contributed by atoms with van der Waals surface area (Å²) in [6.07, 6.45) is 1.52. The van der Waals surface area contributed by atoms with Crippen LogP contribution in [0.5, 0.6) is 11.5 Å². The van der Waals surface area contributed by atoms with Crippen LogP contribution >= 0.6 is 0 Å². The topological polar surface area (TPSA) is 119 Å². The summed E-state index contributed by atoms with van der Waals surface area (Å²) in [5, 5.41) is 13.8. The lowest BCUT2D eigenvalue weighted by Gasteiger charge is -2.11. The third-order valence-electron chi connectivity index (χ3n) is 3.63. The number of hydrogen-bond acceptors (Lipinski definition) is 6. The maximum Gasteiger partial charge on any atom is 0.296 e. The standard InChI is InChI=1S/C16H14N4O5/c1-24-14-6-12(13(20(22)23)7-15(14)25-2)19-16(21)9-3-4-10-11(5-9)18-8-17-10/h3-8H,1-2H3,(H,17,18)(H,19,21). The molecule has 1 heterocycles. The first-order valence-corrected chi connectivity index (χ1v) is 7.18. The van der Waals surface area contributed by atoms with Gasteiger partial charge in [-0.1, -0.05) is 0 Å². The summed E-state index contributed by atoms with van der Waals surface area (Å²) in [5.41, 5.74) is 1.45. The van der Waals surface area contributed by atoms with E-state index in [1.54, 1.807) is 18.2 Å². The van der Waals surface area contributed by atoms with Crippen molar-refractivity contribution < 1.29 is 19.2 Å². The minimum atomic E-state index is -0.602. The van der Waals surface area contributed by atoms with Gasteiger partial charge in [0.05, 0.1) is 42.6 Å². The van der Waals surface area contributed by atoms with Gasteiger partial charge in [-0.2, -0.15) is 0 Å². The number of amides is 1. The summed E-state index contributed by atoms with van der Waals surface area (Å²) in [6.45, 7) is 0. The van der Waals surface area contributed by atoms with Gasteiger partial charge in [-0.25, -0.2) is 4.98 Å². The van der Waals surface area contributed by atoms with E-state index in [1.807, 2.05) is 0 Å². The number of methoxy groups -OCH3 is 2. The minimum absolute atomic E-state index is 0.0114. The molecule has 0 aliphatic carbocycles. The fraction of sp³-hybridized carbons (Fsp3) is 0.125. The molecule has 1 amide bonds. The van der Waals surface area contributed by atoms with E-state index in [9.17, 15) is 14.9 Å². The molecule has 0 aliphatic rings. The molecule has 0 spiro atoms. The van der Waals surface area contributed by atoms with E-state index in [0.29, 0.717) is 16.6 Å². The molecule has 0 saturated carbocycles. The van der Waals surface area contributed by atoms with Crippen LogP contribution in [0.15, 0.2) is 36.7 Å². The number of aromatic amines is 1. The first-order chi connectivity index (χ1) is 12.0. The number of rotatable bonds is 5. The zero-order valence-corrected chi connectivity index (χ0v) is 13.4. The van der Waals surface area contributed by atoms with Crippen molar-refractivity contribution in [3.05, 3.63) is 52.3 Å². The smallest absolute Gasteiger partial charge is 0.296 e. The van der Waals surface area contributed by atoms with Crippen molar-refractivity contribution in [1.82, 2.24) is 9.97 Å². The summed E-state index contributed by atoms with van der Waals surface area (Å²) >= 11 is 0. The Balaban J connectivity index is 1.97. The lowest BCUT2D eigenvalue weighted by Crippen LogP contribution is -2.13. The maximum atomic E-state index is 12.5. The van der Waals surface area contributed by atoms with Crippen LogP contribution in [0.25, 0.3) is 11.0 Å². The van der Waals surface area contributed by atoms with Crippen molar-refractivity contribution in [2.45, 2.75) is 0 Å². The highest BCUT2D eigenvalue weighted by Gasteiger charge is 2.21. The molecular weight excluding hydrogens is 328 g/mol. The predicted octanol–water partition coefficient (Wildman–Crippen LogP) is 2.74. The lowest BCUT2D eigenvalue weighted by atomic mass is 10.1. The fourth-order valence-electron chi connectivity index (χ4n) is 2.39. The molecule has 0 bridgehead atoms. The minimum Gasteiger partial charge on any atom is -0.493 e. The Kier molecular flexibility index (Phi) is 4.21. The van der Waals surface area contributed by atoms with Crippen molar-refractivity contribution in [3.63, 3.8) is 0 Å². The first kappa shape index (κ1) is 16.2. The van der Waals surface area contributed by atoms with Gasteiger partial charge in [0.1, 0.15) is 5.69 Å². The number of H-pyrrole nitrogens is 1. The second-order valence-corrected chi connectivity index (χ2v) is 5.07. The van der Waals surface area contributed by atoms with Gasteiger partial charge in [0, 0.05) is 11.6 Å². The summed E-state index contributed by atoms with van der Waals surface area (Å²) in [7, 11) is 2.78. The Labute approximate surface area is 141 Å². The second kappa shape index (κ2) is 6.48. The van der Waals surface area contributed by atoms with E-state index in [2.05, 4.69) is 15.3 Å². The summed E-state index contributed by atoms with van der Waals surface area (Å²) in [4.78, 5) is 30.1. The van der Waals surface area contributed by atoms with Gasteiger partial charge in [0.25, 0.3) is 11.6 Å². The van der Waals surface area contributed by atoms with Gasteiger partial charge >= 0.3 is 0 Å².